The van der Waals surface area contributed by atoms with Gasteiger partial charge in [0.2, 0.25) is 0 Å². The van der Waals surface area contributed by atoms with Gasteiger partial charge in [0, 0.05) is 25.2 Å². The second-order valence-electron chi connectivity index (χ2n) is 5.56. The van der Waals surface area contributed by atoms with E-state index >= 15 is 0 Å². The number of nitrogens with one attached hydrogen (secondary N) is 1. The second kappa shape index (κ2) is 6.92. The van der Waals surface area contributed by atoms with Crippen LogP contribution < -0.4 is 5.32 Å². The molecule has 6 nitrogen and oxygen atoms in total. The first-order chi connectivity index (χ1) is 9.63. The number of hydrogen-bond donors (Lipinski definition) is 1. The van der Waals surface area contributed by atoms with Crippen LogP contribution in [-0.4, -0.2) is 55.9 Å². The van der Waals surface area contributed by atoms with Gasteiger partial charge in [-0.1, -0.05) is 6.42 Å². The maximum atomic E-state index is 11.8. The molecule has 1 heterocycles. The highest BCUT2D eigenvalue weighted by atomic mass is 16.5. The summed E-state index contributed by atoms with van der Waals surface area (Å²) in [5, 5.41) is 2.85. The highest BCUT2D eigenvalue weighted by Crippen LogP contribution is 2.29. The first kappa shape index (κ1) is 15.1. The van der Waals surface area contributed by atoms with Gasteiger partial charge in [-0.15, -0.1) is 0 Å². The van der Waals surface area contributed by atoms with Gasteiger partial charge in [0.1, 0.15) is 0 Å². The van der Waals surface area contributed by atoms with Gasteiger partial charge in [-0.2, -0.15) is 0 Å². The number of esters is 1. The summed E-state index contributed by atoms with van der Waals surface area (Å²) < 4.78 is 9.78. The molecule has 0 spiro atoms. The predicted octanol–water partition coefficient (Wildman–Crippen LogP) is 1.15. The van der Waals surface area contributed by atoms with Gasteiger partial charge >= 0.3 is 12.1 Å². The summed E-state index contributed by atoms with van der Waals surface area (Å²) in [6.07, 6.45) is 3.82. The van der Waals surface area contributed by atoms with Crippen molar-refractivity contribution < 1.29 is 19.1 Å². The van der Waals surface area contributed by atoms with E-state index < -0.39 is 6.09 Å². The maximum Gasteiger partial charge on any atom is 0.407 e. The molecule has 1 aliphatic carbocycles. The summed E-state index contributed by atoms with van der Waals surface area (Å²) in [5.41, 5.74) is 0. The van der Waals surface area contributed by atoms with Crippen molar-refractivity contribution >= 4 is 12.1 Å². The van der Waals surface area contributed by atoms with Gasteiger partial charge in [0.15, 0.2) is 0 Å². The average molecular weight is 284 g/mol. The van der Waals surface area contributed by atoms with Crippen molar-refractivity contribution in [3.63, 3.8) is 0 Å². The second-order valence-corrected chi connectivity index (χ2v) is 5.56. The summed E-state index contributed by atoms with van der Waals surface area (Å²) in [7, 11) is 1.42. The van der Waals surface area contributed by atoms with Gasteiger partial charge in [-0.25, -0.2) is 4.79 Å². The zero-order valence-electron chi connectivity index (χ0n) is 12.3. The average Bonchev–Trinajstić information content (AvgIpc) is 2.35. The molecule has 1 saturated heterocycles. The number of amides is 1. The molecule has 1 N–H and O–H groups in total. The molecule has 2 atom stereocenters. The fourth-order valence-corrected chi connectivity index (χ4v) is 2.96. The fraction of sp³-hybridized carbons (Fsp3) is 0.857. The lowest BCUT2D eigenvalue weighted by Gasteiger charge is -2.44. The zero-order chi connectivity index (χ0) is 14.5. The van der Waals surface area contributed by atoms with Crippen molar-refractivity contribution in [2.24, 2.45) is 5.92 Å². The number of ether oxygens (including phenoxy) is 2. The molecule has 6 heteroatoms. The Morgan fingerprint density at radius 3 is 2.60 bits per heavy atom. The Hall–Kier alpha value is -1.30. The molecule has 0 aromatic carbocycles. The minimum absolute atomic E-state index is 0.0486. The van der Waals surface area contributed by atoms with Crippen LogP contribution in [0.3, 0.4) is 0 Å². The Bertz CT molecular complexity index is 357. The fourth-order valence-electron chi connectivity index (χ4n) is 2.96. The van der Waals surface area contributed by atoms with Gasteiger partial charge < -0.3 is 14.8 Å². The standard InChI is InChI=1S/C14H24N2O4/c1-3-20-14(18)15-11-7-10(13(17)19-2)8-16(9-11)12-5-4-6-12/h10-12H,3-9H2,1-2H3,(H,15,18). The van der Waals surface area contributed by atoms with E-state index in [9.17, 15) is 9.59 Å². The molecule has 0 bridgehead atoms. The number of rotatable bonds is 4. The van der Waals surface area contributed by atoms with E-state index in [1.165, 1.54) is 26.4 Å². The number of carbonyl (C=O) groups is 2. The van der Waals surface area contributed by atoms with Crippen molar-refractivity contribution in [2.45, 2.75) is 44.7 Å². The van der Waals surface area contributed by atoms with E-state index in [-0.39, 0.29) is 17.9 Å². The lowest BCUT2D eigenvalue weighted by Crippen LogP contribution is -2.56. The maximum absolute atomic E-state index is 11.8. The molecule has 2 rings (SSSR count). The molecule has 1 saturated carbocycles. The van der Waals surface area contributed by atoms with E-state index in [0.29, 0.717) is 19.1 Å². The molecule has 2 aliphatic rings. The Morgan fingerprint density at radius 2 is 2.05 bits per heavy atom. The molecule has 0 aromatic rings. The summed E-state index contributed by atoms with van der Waals surface area (Å²) >= 11 is 0. The van der Waals surface area contributed by atoms with E-state index in [1.54, 1.807) is 6.92 Å². The van der Waals surface area contributed by atoms with Crippen LogP contribution in [0.15, 0.2) is 0 Å². The summed E-state index contributed by atoms with van der Waals surface area (Å²) in [5.74, 6) is -0.356. The Morgan fingerprint density at radius 1 is 1.30 bits per heavy atom. The number of alkyl carbamates (subject to hydrolysis) is 1. The number of nitrogens with zero attached hydrogens (tertiary/aromatic N) is 1. The first-order valence-corrected chi connectivity index (χ1v) is 7.39. The van der Waals surface area contributed by atoms with Gasteiger partial charge in [0.25, 0.3) is 0 Å². The minimum Gasteiger partial charge on any atom is -0.469 e. The summed E-state index contributed by atoms with van der Waals surface area (Å²) in [6.45, 7) is 3.65. The normalized spacial score (nSPS) is 27.5. The van der Waals surface area contributed by atoms with Crippen LogP contribution in [0.1, 0.15) is 32.6 Å². The topological polar surface area (TPSA) is 67.9 Å². The molecule has 0 aromatic heterocycles. The van der Waals surface area contributed by atoms with E-state index in [4.69, 9.17) is 9.47 Å². The van der Waals surface area contributed by atoms with Crippen LogP contribution in [-0.2, 0) is 14.3 Å². The Labute approximate surface area is 119 Å². The van der Waals surface area contributed by atoms with E-state index in [2.05, 4.69) is 10.2 Å². The quantitative estimate of drug-likeness (QED) is 0.784. The van der Waals surface area contributed by atoms with Crippen molar-refractivity contribution in [1.29, 1.82) is 0 Å². The largest absolute Gasteiger partial charge is 0.469 e. The molecule has 20 heavy (non-hydrogen) atoms. The molecule has 114 valence electrons. The summed E-state index contributed by atoms with van der Waals surface area (Å²) in [6, 6.07) is 0.501. The SMILES string of the molecule is CCOC(=O)NC1CC(C(=O)OC)CN(C2CCC2)C1. The molecular weight excluding hydrogens is 260 g/mol. The van der Waals surface area contributed by atoms with Crippen molar-refractivity contribution in [3.05, 3.63) is 0 Å². The van der Waals surface area contributed by atoms with E-state index in [1.807, 2.05) is 0 Å². The number of methoxy groups -OCH3 is 1. The highest BCUT2D eigenvalue weighted by molar-refractivity contribution is 5.73. The van der Waals surface area contributed by atoms with Crippen LogP contribution >= 0.6 is 0 Å². The molecular formula is C14H24N2O4. The van der Waals surface area contributed by atoms with Gasteiger partial charge in [-0.05, 0) is 26.2 Å². The Kier molecular flexibility index (Phi) is 5.23. The number of piperidine rings is 1. The van der Waals surface area contributed by atoms with Crippen molar-refractivity contribution in [1.82, 2.24) is 10.2 Å². The molecule has 1 aliphatic heterocycles. The highest BCUT2D eigenvalue weighted by Gasteiger charge is 2.37. The summed E-state index contributed by atoms with van der Waals surface area (Å²) in [4.78, 5) is 25.7. The lowest BCUT2D eigenvalue weighted by molar-refractivity contribution is -0.148. The lowest BCUT2D eigenvalue weighted by atomic mass is 9.86. The monoisotopic (exact) mass is 284 g/mol. The third kappa shape index (κ3) is 3.62. The van der Waals surface area contributed by atoms with Crippen molar-refractivity contribution in [2.75, 3.05) is 26.8 Å². The molecule has 0 radical (unpaired) electrons. The third-order valence-corrected chi connectivity index (χ3v) is 4.20. The van der Waals surface area contributed by atoms with Crippen molar-refractivity contribution in [3.8, 4) is 0 Å². The third-order valence-electron chi connectivity index (χ3n) is 4.20. The molecule has 2 unspecified atom stereocenters. The van der Waals surface area contributed by atoms with Crippen LogP contribution in [0.4, 0.5) is 4.79 Å². The number of hydrogen-bond acceptors (Lipinski definition) is 5. The van der Waals surface area contributed by atoms with Crippen LogP contribution in [0, 0.1) is 5.92 Å². The minimum atomic E-state index is -0.406. The van der Waals surface area contributed by atoms with Crippen LogP contribution in [0.2, 0.25) is 0 Å². The molecule has 2 fully saturated rings. The van der Waals surface area contributed by atoms with Crippen LogP contribution in [0.25, 0.3) is 0 Å². The van der Waals surface area contributed by atoms with Crippen LogP contribution in [0.5, 0.6) is 0 Å². The van der Waals surface area contributed by atoms with Gasteiger partial charge in [-0.3, -0.25) is 9.69 Å². The molecule has 1 amide bonds. The first-order valence-electron chi connectivity index (χ1n) is 7.39. The zero-order valence-corrected chi connectivity index (χ0v) is 12.3. The van der Waals surface area contributed by atoms with Gasteiger partial charge in [0.05, 0.1) is 19.6 Å². The van der Waals surface area contributed by atoms with E-state index in [0.717, 1.165) is 13.1 Å². The number of carbonyl (C=O) groups excluding carboxylic acids is 2. The Balaban J connectivity index is 1.95. The predicted molar refractivity (Wildman–Crippen MR) is 73.3 cm³/mol. The number of likely N-dealkylation sites (tertiary alicyclic amines) is 1. The smallest absolute Gasteiger partial charge is 0.407 e.